The fourth-order valence-electron chi connectivity index (χ4n) is 2.10. The first-order valence-electron chi connectivity index (χ1n) is 7.49. The van der Waals surface area contributed by atoms with Gasteiger partial charge in [-0.05, 0) is 42.5 Å². The largest absolute Gasteiger partial charge is 0.497 e. The zero-order chi connectivity index (χ0) is 18.5. The minimum Gasteiger partial charge on any atom is -0.497 e. The number of aromatic amines is 1. The molecular weight excluding hydrogens is 379 g/mol. The van der Waals surface area contributed by atoms with Crippen molar-refractivity contribution in [1.82, 2.24) is 15.2 Å². The summed E-state index contributed by atoms with van der Waals surface area (Å²) in [4.78, 5) is 16.4. The normalized spacial score (nSPS) is 10.6. The van der Waals surface area contributed by atoms with Gasteiger partial charge >= 0.3 is 0 Å². The maximum absolute atomic E-state index is 13.0. The van der Waals surface area contributed by atoms with E-state index in [-0.39, 0.29) is 16.7 Å². The number of H-pyrrole nitrogens is 1. The average Bonchev–Trinajstić information content (AvgIpc) is 3.11. The van der Waals surface area contributed by atoms with Gasteiger partial charge in [-0.15, -0.1) is 5.10 Å². The maximum Gasteiger partial charge on any atom is 0.234 e. The lowest BCUT2D eigenvalue weighted by Gasteiger charge is -2.06. The summed E-state index contributed by atoms with van der Waals surface area (Å²) in [5.41, 5.74) is 1.21. The van der Waals surface area contributed by atoms with Gasteiger partial charge in [0.2, 0.25) is 11.1 Å². The van der Waals surface area contributed by atoms with Crippen molar-refractivity contribution in [2.75, 3.05) is 18.2 Å². The summed E-state index contributed by atoms with van der Waals surface area (Å²) in [7, 11) is 1.60. The highest BCUT2D eigenvalue weighted by molar-refractivity contribution is 7.99. The second-order valence-corrected chi connectivity index (χ2v) is 6.51. The fourth-order valence-corrected chi connectivity index (χ4v) is 2.91. The third-order valence-electron chi connectivity index (χ3n) is 3.37. The topological polar surface area (TPSA) is 79.9 Å². The number of methoxy groups -OCH3 is 1. The first kappa shape index (κ1) is 18.2. The van der Waals surface area contributed by atoms with Crippen molar-refractivity contribution in [1.29, 1.82) is 0 Å². The zero-order valence-corrected chi connectivity index (χ0v) is 15.2. The molecule has 1 amide bonds. The van der Waals surface area contributed by atoms with Crippen LogP contribution in [0.4, 0.5) is 10.1 Å². The van der Waals surface area contributed by atoms with E-state index >= 15 is 0 Å². The average molecular weight is 393 g/mol. The molecule has 3 rings (SSSR count). The molecule has 3 aromatic rings. The molecule has 0 aliphatic heterocycles. The van der Waals surface area contributed by atoms with Crippen molar-refractivity contribution in [3.8, 4) is 17.1 Å². The number of hydrogen-bond donors (Lipinski definition) is 2. The fraction of sp³-hybridized carbons (Fsp3) is 0.118. The Morgan fingerprint density at radius 3 is 2.77 bits per heavy atom. The molecule has 0 aliphatic rings. The molecule has 26 heavy (non-hydrogen) atoms. The summed E-state index contributed by atoms with van der Waals surface area (Å²) < 4.78 is 18.1. The van der Waals surface area contributed by atoms with Gasteiger partial charge in [0.05, 0.1) is 23.6 Å². The number of carbonyl (C=O) groups excluding carboxylic acids is 1. The Kier molecular flexibility index (Phi) is 5.75. The maximum atomic E-state index is 13.0. The number of aromatic nitrogens is 3. The second-order valence-electron chi connectivity index (χ2n) is 5.16. The Labute approximate surface area is 158 Å². The van der Waals surface area contributed by atoms with E-state index in [1.165, 1.54) is 23.9 Å². The van der Waals surface area contributed by atoms with Crippen LogP contribution >= 0.6 is 23.4 Å². The van der Waals surface area contributed by atoms with Crippen LogP contribution in [0.2, 0.25) is 5.02 Å². The number of nitrogens with one attached hydrogen (secondary N) is 2. The highest BCUT2D eigenvalue weighted by Crippen LogP contribution is 2.24. The van der Waals surface area contributed by atoms with Gasteiger partial charge in [-0.2, -0.15) is 0 Å². The number of thioether (sulfide) groups is 1. The van der Waals surface area contributed by atoms with Gasteiger partial charge in [0, 0.05) is 5.56 Å². The van der Waals surface area contributed by atoms with Gasteiger partial charge in [-0.25, -0.2) is 9.37 Å². The number of nitrogens with zero attached hydrogens (tertiary/aromatic N) is 2. The van der Waals surface area contributed by atoms with E-state index in [9.17, 15) is 9.18 Å². The summed E-state index contributed by atoms with van der Waals surface area (Å²) in [5, 5.41) is 10.1. The summed E-state index contributed by atoms with van der Waals surface area (Å²) in [6, 6.07) is 11.1. The van der Waals surface area contributed by atoms with Crippen LogP contribution < -0.4 is 10.1 Å². The molecule has 0 saturated carbocycles. The third-order valence-corrected chi connectivity index (χ3v) is 4.53. The molecule has 0 aliphatic carbocycles. The molecule has 1 aromatic heterocycles. The van der Waals surface area contributed by atoms with Gasteiger partial charge < -0.3 is 10.1 Å². The van der Waals surface area contributed by atoms with Gasteiger partial charge in [0.15, 0.2) is 5.82 Å². The predicted octanol–water partition coefficient (Wildman–Crippen LogP) is 4.00. The molecule has 2 aromatic carbocycles. The summed E-state index contributed by atoms with van der Waals surface area (Å²) in [6.07, 6.45) is 0. The van der Waals surface area contributed by atoms with Crippen molar-refractivity contribution in [2.45, 2.75) is 5.16 Å². The quantitative estimate of drug-likeness (QED) is 0.620. The Morgan fingerprint density at radius 1 is 1.31 bits per heavy atom. The molecule has 0 unspecified atom stereocenters. The van der Waals surface area contributed by atoms with Gasteiger partial charge in [-0.1, -0.05) is 23.4 Å². The first-order chi connectivity index (χ1) is 12.5. The van der Waals surface area contributed by atoms with Gasteiger partial charge in [0.1, 0.15) is 11.6 Å². The van der Waals surface area contributed by atoms with E-state index in [0.29, 0.717) is 16.7 Å². The number of halogens is 2. The van der Waals surface area contributed by atoms with Crippen molar-refractivity contribution in [3.63, 3.8) is 0 Å². The molecule has 6 nitrogen and oxygen atoms in total. The molecule has 0 bridgehead atoms. The van der Waals surface area contributed by atoms with E-state index in [4.69, 9.17) is 16.3 Å². The molecule has 0 fully saturated rings. The highest BCUT2D eigenvalue weighted by atomic mass is 35.5. The van der Waals surface area contributed by atoms with E-state index in [1.807, 2.05) is 24.3 Å². The standard InChI is InChI=1S/C17H14ClFN4O2S/c1-25-12-5-2-10(3-6-12)16-21-17(23-22-16)26-9-15(24)20-14-7-4-11(19)8-13(14)18/h2-8H,9H2,1H3,(H,20,24)(H,21,22,23). The first-order valence-corrected chi connectivity index (χ1v) is 8.86. The number of amides is 1. The lowest BCUT2D eigenvalue weighted by molar-refractivity contribution is -0.113. The minimum atomic E-state index is -0.464. The summed E-state index contributed by atoms with van der Waals surface area (Å²) >= 11 is 7.06. The third kappa shape index (κ3) is 4.53. The molecule has 1 heterocycles. The van der Waals surface area contributed by atoms with Crippen molar-refractivity contribution >= 4 is 35.0 Å². The molecule has 0 spiro atoms. The van der Waals surface area contributed by atoms with Gasteiger partial charge in [0.25, 0.3) is 0 Å². The van der Waals surface area contributed by atoms with Crippen LogP contribution in [0.3, 0.4) is 0 Å². The van der Waals surface area contributed by atoms with E-state index in [2.05, 4.69) is 20.5 Å². The molecule has 9 heteroatoms. The number of benzene rings is 2. The van der Waals surface area contributed by atoms with Crippen LogP contribution in [0.15, 0.2) is 47.6 Å². The van der Waals surface area contributed by atoms with E-state index in [0.717, 1.165) is 17.4 Å². The molecule has 0 saturated heterocycles. The molecule has 0 radical (unpaired) electrons. The Bertz CT molecular complexity index is 917. The number of carbonyl (C=O) groups is 1. The molecule has 0 atom stereocenters. The predicted molar refractivity (Wildman–Crippen MR) is 99.1 cm³/mol. The monoisotopic (exact) mass is 392 g/mol. The minimum absolute atomic E-state index is 0.0909. The summed E-state index contributed by atoms with van der Waals surface area (Å²) in [5.74, 6) is 0.678. The Balaban J connectivity index is 1.58. The zero-order valence-electron chi connectivity index (χ0n) is 13.6. The van der Waals surface area contributed by atoms with Crippen molar-refractivity contribution in [2.24, 2.45) is 0 Å². The van der Waals surface area contributed by atoms with Crippen molar-refractivity contribution < 1.29 is 13.9 Å². The number of ether oxygens (including phenoxy) is 1. The van der Waals surface area contributed by atoms with E-state index in [1.54, 1.807) is 7.11 Å². The van der Waals surface area contributed by atoms with Gasteiger partial charge in [-0.3, -0.25) is 9.89 Å². The Hall–Kier alpha value is -2.58. The highest BCUT2D eigenvalue weighted by Gasteiger charge is 2.11. The molecular formula is C17H14ClFN4O2S. The second kappa shape index (κ2) is 8.20. The van der Waals surface area contributed by atoms with Crippen molar-refractivity contribution in [3.05, 3.63) is 53.3 Å². The smallest absolute Gasteiger partial charge is 0.234 e. The summed E-state index contributed by atoms with van der Waals surface area (Å²) in [6.45, 7) is 0. The van der Waals surface area contributed by atoms with Crippen LogP contribution in [0.25, 0.3) is 11.4 Å². The number of anilines is 1. The van der Waals surface area contributed by atoms with E-state index < -0.39 is 5.82 Å². The van der Waals surface area contributed by atoms with Crippen LogP contribution in [0.5, 0.6) is 5.75 Å². The molecule has 134 valence electrons. The van der Waals surface area contributed by atoms with Crippen LogP contribution in [0.1, 0.15) is 0 Å². The number of rotatable bonds is 6. The van der Waals surface area contributed by atoms with Crippen LogP contribution in [0, 0.1) is 5.82 Å². The Morgan fingerprint density at radius 2 is 2.08 bits per heavy atom. The SMILES string of the molecule is COc1ccc(-c2nc(SCC(=O)Nc3ccc(F)cc3Cl)n[nH]2)cc1. The van der Waals surface area contributed by atoms with Crippen LogP contribution in [-0.4, -0.2) is 34.0 Å². The number of hydrogen-bond acceptors (Lipinski definition) is 5. The lowest BCUT2D eigenvalue weighted by atomic mass is 10.2. The van der Waals surface area contributed by atoms with Crippen LogP contribution in [-0.2, 0) is 4.79 Å². The lowest BCUT2D eigenvalue weighted by Crippen LogP contribution is -2.14. The molecule has 2 N–H and O–H groups in total.